The zero-order chi connectivity index (χ0) is 16.6. The molecule has 0 bridgehead atoms. The number of rotatable bonds is 3. The number of benzene rings is 1. The maximum absolute atomic E-state index is 12.4. The molecule has 0 saturated carbocycles. The number of hydrogen-bond donors (Lipinski definition) is 0. The molecule has 3 rings (SSSR count). The lowest BCUT2D eigenvalue weighted by Crippen LogP contribution is -2.30. The van der Waals surface area contributed by atoms with E-state index in [-0.39, 0.29) is 5.91 Å². The third kappa shape index (κ3) is 2.49. The van der Waals surface area contributed by atoms with Crippen molar-refractivity contribution >= 4 is 28.9 Å². The molecule has 2 aliphatic heterocycles. The number of hydrogen-bond acceptors (Lipinski definition) is 4. The van der Waals surface area contributed by atoms with Crippen LogP contribution >= 0.6 is 12.2 Å². The van der Waals surface area contributed by atoms with Crippen molar-refractivity contribution in [1.29, 1.82) is 0 Å². The SMILES string of the molecule is CCN1C(=O)/C(=C\C=C2/Oc3ccccc3N2CC)N(C)C1=S. The van der Waals surface area contributed by atoms with Gasteiger partial charge in [0.1, 0.15) is 5.70 Å². The molecule has 2 heterocycles. The lowest BCUT2D eigenvalue weighted by molar-refractivity contribution is -0.122. The highest BCUT2D eigenvalue weighted by Gasteiger charge is 2.34. The Hall–Kier alpha value is -2.34. The molecule has 0 unspecified atom stereocenters. The van der Waals surface area contributed by atoms with Crippen LogP contribution in [-0.4, -0.2) is 41.0 Å². The molecule has 2 aliphatic rings. The Morgan fingerprint density at radius 3 is 2.48 bits per heavy atom. The Morgan fingerprint density at radius 1 is 1.13 bits per heavy atom. The van der Waals surface area contributed by atoms with Gasteiger partial charge in [-0.2, -0.15) is 0 Å². The van der Waals surface area contributed by atoms with Crippen LogP contribution in [0, 0.1) is 0 Å². The summed E-state index contributed by atoms with van der Waals surface area (Å²) in [6.45, 7) is 5.33. The normalized spacial score (nSPS) is 20.7. The van der Waals surface area contributed by atoms with Gasteiger partial charge in [0.25, 0.3) is 5.91 Å². The summed E-state index contributed by atoms with van der Waals surface area (Å²) in [6, 6.07) is 7.89. The molecule has 23 heavy (non-hydrogen) atoms. The van der Waals surface area contributed by atoms with E-state index in [0.29, 0.717) is 23.2 Å². The fourth-order valence-electron chi connectivity index (χ4n) is 2.77. The second kappa shape index (κ2) is 6.04. The van der Waals surface area contributed by atoms with Crippen LogP contribution in [0.25, 0.3) is 0 Å². The van der Waals surface area contributed by atoms with Gasteiger partial charge in [0, 0.05) is 26.2 Å². The summed E-state index contributed by atoms with van der Waals surface area (Å²) in [5.41, 5.74) is 1.59. The molecule has 6 heteroatoms. The lowest BCUT2D eigenvalue weighted by Gasteiger charge is -2.15. The van der Waals surface area contributed by atoms with Crippen molar-refractivity contribution < 1.29 is 9.53 Å². The second-order valence-electron chi connectivity index (χ2n) is 5.26. The minimum atomic E-state index is -0.0737. The van der Waals surface area contributed by atoms with Crippen LogP contribution < -0.4 is 9.64 Å². The summed E-state index contributed by atoms with van der Waals surface area (Å²) in [6.07, 6.45) is 3.60. The molecule has 0 aromatic heterocycles. The number of carbonyl (C=O) groups is 1. The van der Waals surface area contributed by atoms with Crippen LogP contribution in [0.1, 0.15) is 13.8 Å². The fourth-order valence-corrected chi connectivity index (χ4v) is 3.08. The topological polar surface area (TPSA) is 36.0 Å². The molecule has 0 radical (unpaired) electrons. The first-order valence-corrected chi connectivity index (χ1v) is 8.05. The number of thiocarbonyl (C=S) groups is 1. The quantitative estimate of drug-likeness (QED) is 0.629. The number of likely N-dealkylation sites (N-methyl/N-ethyl adjacent to an activating group) is 2. The number of carbonyl (C=O) groups excluding carboxylic acids is 1. The van der Waals surface area contributed by atoms with Gasteiger partial charge in [0.2, 0.25) is 5.88 Å². The fraction of sp³-hybridized carbons (Fsp3) is 0.294. The molecule has 0 atom stereocenters. The molecule has 5 nitrogen and oxygen atoms in total. The van der Waals surface area contributed by atoms with Crippen molar-refractivity contribution in [2.45, 2.75) is 13.8 Å². The Balaban J connectivity index is 1.91. The molecule has 0 spiro atoms. The number of fused-ring (bicyclic) bond motifs is 1. The van der Waals surface area contributed by atoms with Crippen LogP contribution in [0.3, 0.4) is 0 Å². The lowest BCUT2D eigenvalue weighted by atomic mass is 10.3. The van der Waals surface area contributed by atoms with Gasteiger partial charge in [-0.25, -0.2) is 0 Å². The van der Waals surface area contributed by atoms with Crippen molar-refractivity contribution in [1.82, 2.24) is 9.80 Å². The number of allylic oxidation sites excluding steroid dienone is 2. The maximum Gasteiger partial charge on any atom is 0.276 e. The van der Waals surface area contributed by atoms with E-state index in [9.17, 15) is 4.79 Å². The van der Waals surface area contributed by atoms with Gasteiger partial charge in [-0.3, -0.25) is 9.69 Å². The maximum atomic E-state index is 12.4. The molecule has 1 aromatic rings. The smallest absolute Gasteiger partial charge is 0.276 e. The predicted octanol–water partition coefficient (Wildman–Crippen LogP) is 2.71. The van der Waals surface area contributed by atoms with Gasteiger partial charge in [-0.05, 0) is 44.3 Å². The highest BCUT2D eigenvalue weighted by Crippen LogP contribution is 2.38. The average molecular weight is 329 g/mol. The summed E-state index contributed by atoms with van der Waals surface area (Å²) >= 11 is 5.30. The van der Waals surface area contributed by atoms with Crippen LogP contribution in [0.15, 0.2) is 48.0 Å². The zero-order valence-electron chi connectivity index (χ0n) is 13.4. The van der Waals surface area contributed by atoms with E-state index in [2.05, 4.69) is 11.8 Å². The molecule has 120 valence electrons. The first kappa shape index (κ1) is 15.6. The van der Waals surface area contributed by atoms with E-state index in [1.54, 1.807) is 15.9 Å². The molecular formula is C17H19N3O2S. The molecular weight excluding hydrogens is 310 g/mol. The molecule has 1 fully saturated rings. The van der Waals surface area contributed by atoms with E-state index >= 15 is 0 Å². The van der Waals surface area contributed by atoms with E-state index in [4.69, 9.17) is 17.0 Å². The van der Waals surface area contributed by atoms with Gasteiger partial charge in [0.05, 0.1) is 5.69 Å². The molecule has 1 aromatic carbocycles. The van der Waals surface area contributed by atoms with Gasteiger partial charge in [-0.15, -0.1) is 0 Å². The minimum Gasteiger partial charge on any atom is -0.439 e. The third-order valence-electron chi connectivity index (χ3n) is 4.00. The van der Waals surface area contributed by atoms with Crippen LogP contribution in [0.5, 0.6) is 5.75 Å². The first-order valence-electron chi connectivity index (χ1n) is 7.64. The predicted molar refractivity (Wildman–Crippen MR) is 94.0 cm³/mol. The van der Waals surface area contributed by atoms with Crippen LogP contribution in [-0.2, 0) is 4.79 Å². The van der Waals surface area contributed by atoms with Crippen LogP contribution in [0.2, 0.25) is 0 Å². The minimum absolute atomic E-state index is 0.0737. The van der Waals surface area contributed by atoms with Crippen molar-refractivity contribution in [2.75, 3.05) is 25.0 Å². The molecule has 0 N–H and O–H groups in total. The molecule has 1 amide bonds. The monoisotopic (exact) mass is 329 g/mol. The van der Waals surface area contributed by atoms with E-state index in [1.807, 2.05) is 44.3 Å². The summed E-state index contributed by atoms with van der Waals surface area (Å²) in [4.78, 5) is 17.8. The van der Waals surface area contributed by atoms with Crippen LogP contribution in [0.4, 0.5) is 5.69 Å². The number of anilines is 1. The van der Waals surface area contributed by atoms with E-state index in [0.717, 1.165) is 18.0 Å². The Morgan fingerprint density at radius 2 is 1.83 bits per heavy atom. The summed E-state index contributed by atoms with van der Waals surface area (Å²) in [5.74, 6) is 1.47. The Labute approximate surface area is 141 Å². The molecule has 1 saturated heterocycles. The van der Waals surface area contributed by atoms with E-state index in [1.165, 1.54) is 0 Å². The zero-order valence-corrected chi connectivity index (χ0v) is 14.3. The summed E-state index contributed by atoms with van der Waals surface area (Å²) in [5, 5.41) is 0.533. The number of para-hydroxylation sites is 2. The number of amides is 1. The van der Waals surface area contributed by atoms with Crippen molar-refractivity contribution in [2.24, 2.45) is 0 Å². The van der Waals surface area contributed by atoms with Gasteiger partial charge >= 0.3 is 0 Å². The second-order valence-corrected chi connectivity index (χ2v) is 5.63. The van der Waals surface area contributed by atoms with Crippen molar-refractivity contribution in [3.05, 3.63) is 48.0 Å². The third-order valence-corrected chi connectivity index (χ3v) is 4.49. The standard InChI is InChI=1S/C17H19N3O2S/c1-4-19-12-8-6-7-9-14(12)22-15(19)11-10-13-16(21)20(5-2)17(23)18(13)3/h6-11H,4-5H2,1-3H3/b13-10+,15-11-. The Kier molecular flexibility index (Phi) is 4.09. The van der Waals surface area contributed by atoms with Crippen molar-refractivity contribution in [3.8, 4) is 5.75 Å². The number of ether oxygens (including phenoxy) is 1. The highest BCUT2D eigenvalue weighted by atomic mass is 32.1. The number of nitrogens with zero attached hydrogens (tertiary/aromatic N) is 3. The largest absolute Gasteiger partial charge is 0.439 e. The van der Waals surface area contributed by atoms with Gasteiger partial charge in [-0.1, -0.05) is 12.1 Å². The Bertz CT molecular complexity index is 726. The van der Waals surface area contributed by atoms with Gasteiger partial charge < -0.3 is 14.5 Å². The summed E-state index contributed by atoms with van der Waals surface area (Å²) < 4.78 is 5.89. The van der Waals surface area contributed by atoms with E-state index < -0.39 is 0 Å². The van der Waals surface area contributed by atoms with Gasteiger partial charge in [0.15, 0.2) is 10.9 Å². The highest BCUT2D eigenvalue weighted by molar-refractivity contribution is 7.80. The first-order chi connectivity index (χ1) is 11.1. The van der Waals surface area contributed by atoms with Crippen molar-refractivity contribution in [3.63, 3.8) is 0 Å². The average Bonchev–Trinajstić information content (AvgIpc) is 3.01. The summed E-state index contributed by atoms with van der Waals surface area (Å²) in [7, 11) is 1.81. The molecule has 0 aliphatic carbocycles.